The molecule has 2 aromatic carbocycles. The highest BCUT2D eigenvalue weighted by atomic mass is 16.5. The average molecular weight is 407 g/mol. The number of hydrogen-bond donors (Lipinski definition) is 2. The lowest BCUT2D eigenvalue weighted by Gasteiger charge is -2.26. The van der Waals surface area contributed by atoms with Crippen molar-refractivity contribution in [2.75, 3.05) is 7.11 Å². The van der Waals surface area contributed by atoms with E-state index in [4.69, 9.17) is 4.74 Å². The lowest BCUT2D eigenvalue weighted by atomic mass is 10.0. The highest BCUT2D eigenvalue weighted by molar-refractivity contribution is 5.99. The van der Waals surface area contributed by atoms with Crippen LogP contribution in [0.2, 0.25) is 0 Å². The average Bonchev–Trinajstić information content (AvgIpc) is 3.13. The molecule has 0 aliphatic rings. The van der Waals surface area contributed by atoms with Gasteiger partial charge in [0.15, 0.2) is 0 Å². The van der Waals surface area contributed by atoms with Gasteiger partial charge in [-0.15, -0.1) is 0 Å². The SMILES string of the molecule is COc1ccccc1CN(C(C)=O)C(=O)C(Cc1c[nH]c2ccccc12)NC(C)=O. The molecular weight excluding hydrogens is 382 g/mol. The summed E-state index contributed by atoms with van der Waals surface area (Å²) in [5, 5.41) is 3.68. The number of benzene rings is 2. The van der Waals surface area contributed by atoms with E-state index in [0.717, 1.165) is 21.4 Å². The van der Waals surface area contributed by atoms with Gasteiger partial charge in [-0.3, -0.25) is 19.3 Å². The smallest absolute Gasteiger partial charge is 0.252 e. The first-order valence-electron chi connectivity index (χ1n) is 9.66. The molecule has 7 nitrogen and oxygen atoms in total. The summed E-state index contributed by atoms with van der Waals surface area (Å²) in [7, 11) is 1.54. The largest absolute Gasteiger partial charge is 0.496 e. The Hall–Kier alpha value is -3.61. The van der Waals surface area contributed by atoms with E-state index in [1.807, 2.05) is 42.6 Å². The summed E-state index contributed by atoms with van der Waals surface area (Å²) in [6, 6.07) is 14.1. The molecule has 7 heteroatoms. The van der Waals surface area contributed by atoms with Crippen LogP contribution in [0.4, 0.5) is 0 Å². The predicted octanol–water partition coefficient (Wildman–Crippen LogP) is 2.80. The number of amides is 3. The van der Waals surface area contributed by atoms with Gasteiger partial charge in [-0.2, -0.15) is 0 Å². The Kier molecular flexibility index (Phi) is 6.51. The number of nitrogens with one attached hydrogen (secondary N) is 2. The summed E-state index contributed by atoms with van der Waals surface area (Å²) in [6.07, 6.45) is 2.09. The standard InChI is InChI=1S/C23H25N3O4/c1-15(27)25-21(12-18-13-24-20-10-6-5-9-19(18)20)23(29)26(16(2)28)14-17-8-4-7-11-22(17)30-3/h4-11,13,21,24H,12,14H2,1-3H3,(H,25,27). The Bertz CT molecular complexity index is 1070. The Labute approximate surface area is 175 Å². The Morgan fingerprint density at radius 3 is 2.43 bits per heavy atom. The molecule has 3 aromatic rings. The van der Waals surface area contributed by atoms with Gasteiger partial charge in [0.2, 0.25) is 11.8 Å². The van der Waals surface area contributed by atoms with E-state index in [9.17, 15) is 14.4 Å². The predicted molar refractivity (Wildman–Crippen MR) is 114 cm³/mol. The molecule has 0 radical (unpaired) electrons. The maximum atomic E-state index is 13.3. The third kappa shape index (κ3) is 4.68. The number of hydrogen-bond acceptors (Lipinski definition) is 4. The Morgan fingerprint density at radius 2 is 1.73 bits per heavy atom. The van der Waals surface area contributed by atoms with E-state index < -0.39 is 17.9 Å². The number of methoxy groups -OCH3 is 1. The minimum Gasteiger partial charge on any atom is -0.496 e. The van der Waals surface area contributed by atoms with E-state index in [-0.39, 0.29) is 18.9 Å². The second-order valence-corrected chi connectivity index (χ2v) is 7.07. The van der Waals surface area contributed by atoms with Crippen molar-refractivity contribution >= 4 is 28.6 Å². The fourth-order valence-corrected chi connectivity index (χ4v) is 3.50. The number of ether oxygens (including phenoxy) is 1. The molecule has 0 aliphatic carbocycles. The molecule has 1 heterocycles. The van der Waals surface area contributed by atoms with Gasteiger partial charge in [0.25, 0.3) is 5.91 Å². The van der Waals surface area contributed by atoms with Gasteiger partial charge in [0.05, 0.1) is 13.7 Å². The summed E-state index contributed by atoms with van der Waals surface area (Å²) in [5.41, 5.74) is 2.54. The molecule has 3 amide bonds. The number of nitrogens with zero attached hydrogens (tertiary/aromatic N) is 1. The van der Waals surface area contributed by atoms with Crippen LogP contribution in [0, 0.1) is 0 Å². The lowest BCUT2D eigenvalue weighted by Crippen LogP contribution is -2.50. The molecule has 30 heavy (non-hydrogen) atoms. The van der Waals surface area contributed by atoms with E-state index in [2.05, 4.69) is 10.3 Å². The summed E-state index contributed by atoms with van der Waals surface area (Å²) in [4.78, 5) is 41.8. The van der Waals surface area contributed by atoms with Gasteiger partial charge < -0.3 is 15.0 Å². The number of carbonyl (C=O) groups is 3. The zero-order valence-corrected chi connectivity index (χ0v) is 17.3. The molecule has 0 bridgehead atoms. The highest BCUT2D eigenvalue weighted by Gasteiger charge is 2.29. The first-order valence-corrected chi connectivity index (χ1v) is 9.66. The zero-order valence-electron chi connectivity index (χ0n) is 17.3. The quantitative estimate of drug-likeness (QED) is 0.630. The monoisotopic (exact) mass is 407 g/mol. The van der Waals surface area contributed by atoms with Crippen LogP contribution < -0.4 is 10.1 Å². The minimum atomic E-state index is -0.875. The minimum absolute atomic E-state index is 0.0577. The second kappa shape index (κ2) is 9.26. The number of fused-ring (bicyclic) bond motifs is 1. The molecule has 156 valence electrons. The van der Waals surface area contributed by atoms with E-state index in [0.29, 0.717) is 11.3 Å². The molecule has 0 spiro atoms. The maximum Gasteiger partial charge on any atom is 0.252 e. The first-order chi connectivity index (χ1) is 14.4. The molecule has 1 unspecified atom stereocenters. The van der Waals surface area contributed by atoms with Crippen molar-refractivity contribution in [3.8, 4) is 5.75 Å². The normalized spacial score (nSPS) is 11.7. The van der Waals surface area contributed by atoms with Crippen molar-refractivity contribution in [2.24, 2.45) is 0 Å². The number of aromatic amines is 1. The van der Waals surface area contributed by atoms with Crippen LogP contribution in [0.25, 0.3) is 10.9 Å². The van der Waals surface area contributed by atoms with Gasteiger partial charge in [0, 0.05) is 42.9 Å². The summed E-state index contributed by atoms with van der Waals surface area (Å²) < 4.78 is 5.34. The van der Waals surface area contributed by atoms with Gasteiger partial charge in [-0.25, -0.2) is 0 Å². The first kappa shape index (κ1) is 21.1. The van der Waals surface area contributed by atoms with Crippen LogP contribution in [-0.4, -0.2) is 40.8 Å². The van der Waals surface area contributed by atoms with Crippen LogP contribution in [0.3, 0.4) is 0 Å². The third-order valence-electron chi connectivity index (χ3n) is 4.94. The maximum absolute atomic E-state index is 13.3. The molecule has 1 aromatic heterocycles. The Morgan fingerprint density at radius 1 is 1.03 bits per heavy atom. The number of carbonyl (C=O) groups excluding carboxylic acids is 3. The van der Waals surface area contributed by atoms with Crippen molar-refractivity contribution < 1.29 is 19.1 Å². The summed E-state index contributed by atoms with van der Waals surface area (Å²) in [5.74, 6) is -0.618. The highest BCUT2D eigenvalue weighted by Crippen LogP contribution is 2.22. The van der Waals surface area contributed by atoms with E-state index >= 15 is 0 Å². The van der Waals surface area contributed by atoms with Gasteiger partial charge in [-0.05, 0) is 17.7 Å². The van der Waals surface area contributed by atoms with Crippen LogP contribution in [0.1, 0.15) is 25.0 Å². The molecule has 0 saturated heterocycles. The van der Waals surface area contributed by atoms with Crippen molar-refractivity contribution in [1.82, 2.24) is 15.2 Å². The fourth-order valence-electron chi connectivity index (χ4n) is 3.50. The van der Waals surface area contributed by atoms with Crippen LogP contribution in [0.5, 0.6) is 5.75 Å². The van der Waals surface area contributed by atoms with Crippen LogP contribution >= 0.6 is 0 Å². The van der Waals surface area contributed by atoms with Crippen LogP contribution in [-0.2, 0) is 27.3 Å². The molecule has 1 atom stereocenters. The topological polar surface area (TPSA) is 91.5 Å². The molecule has 2 N–H and O–H groups in total. The van der Waals surface area contributed by atoms with Gasteiger partial charge >= 0.3 is 0 Å². The van der Waals surface area contributed by atoms with E-state index in [1.165, 1.54) is 21.0 Å². The zero-order chi connectivity index (χ0) is 21.7. The number of imide groups is 1. The van der Waals surface area contributed by atoms with Crippen molar-refractivity contribution in [2.45, 2.75) is 32.9 Å². The Balaban J connectivity index is 1.89. The molecule has 0 fully saturated rings. The third-order valence-corrected chi connectivity index (χ3v) is 4.94. The lowest BCUT2D eigenvalue weighted by molar-refractivity contribution is -0.146. The number of H-pyrrole nitrogens is 1. The fraction of sp³-hybridized carbons (Fsp3) is 0.261. The molecular formula is C23H25N3O4. The van der Waals surface area contributed by atoms with E-state index in [1.54, 1.807) is 12.1 Å². The summed E-state index contributed by atoms with van der Waals surface area (Å²) >= 11 is 0. The van der Waals surface area contributed by atoms with Crippen LogP contribution in [0.15, 0.2) is 54.7 Å². The summed E-state index contributed by atoms with van der Waals surface area (Å²) in [6.45, 7) is 2.75. The van der Waals surface area contributed by atoms with Crippen molar-refractivity contribution in [1.29, 1.82) is 0 Å². The molecule has 0 saturated carbocycles. The van der Waals surface area contributed by atoms with Crippen molar-refractivity contribution in [3.05, 3.63) is 65.9 Å². The van der Waals surface area contributed by atoms with Gasteiger partial charge in [0.1, 0.15) is 11.8 Å². The molecule has 0 aliphatic heterocycles. The second-order valence-electron chi connectivity index (χ2n) is 7.07. The number of para-hydroxylation sites is 2. The molecule has 3 rings (SSSR count). The van der Waals surface area contributed by atoms with Gasteiger partial charge in [-0.1, -0.05) is 36.4 Å². The van der Waals surface area contributed by atoms with Crippen molar-refractivity contribution in [3.63, 3.8) is 0 Å². The number of aromatic nitrogens is 1. The number of rotatable bonds is 7.